The van der Waals surface area contributed by atoms with Crippen molar-refractivity contribution in [3.63, 3.8) is 0 Å². The van der Waals surface area contributed by atoms with Crippen LogP contribution in [0.1, 0.15) is 39.2 Å². The van der Waals surface area contributed by atoms with E-state index < -0.39 is 11.6 Å². The SMILES string of the molecule is CC(C)(C)OC(=O)[C@H]1CCCN1C(=O)CNCc1ccccc1. The lowest BCUT2D eigenvalue weighted by Crippen LogP contribution is -2.46. The zero-order valence-corrected chi connectivity index (χ0v) is 14.2. The summed E-state index contributed by atoms with van der Waals surface area (Å²) in [4.78, 5) is 26.3. The number of nitrogens with one attached hydrogen (secondary N) is 1. The van der Waals surface area contributed by atoms with Crippen LogP contribution in [0.15, 0.2) is 30.3 Å². The fraction of sp³-hybridized carbons (Fsp3) is 0.556. The molecule has 1 heterocycles. The van der Waals surface area contributed by atoms with E-state index in [2.05, 4.69) is 5.32 Å². The molecule has 2 rings (SSSR count). The van der Waals surface area contributed by atoms with E-state index in [4.69, 9.17) is 4.74 Å². The highest BCUT2D eigenvalue weighted by Crippen LogP contribution is 2.21. The van der Waals surface area contributed by atoms with Gasteiger partial charge >= 0.3 is 5.97 Å². The molecule has 1 N–H and O–H groups in total. The Labute approximate surface area is 138 Å². The van der Waals surface area contributed by atoms with Gasteiger partial charge in [0.25, 0.3) is 0 Å². The molecule has 1 amide bonds. The Morgan fingerprint density at radius 1 is 1.26 bits per heavy atom. The molecular formula is C18H26N2O3. The van der Waals surface area contributed by atoms with E-state index in [0.717, 1.165) is 12.0 Å². The van der Waals surface area contributed by atoms with Crippen LogP contribution in [0.4, 0.5) is 0 Å². The highest BCUT2D eigenvalue weighted by Gasteiger charge is 2.36. The molecule has 0 radical (unpaired) electrons. The van der Waals surface area contributed by atoms with Gasteiger partial charge in [0.1, 0.15) is 11.6 Å². The molecule has 1 fully saturated rings. The maximum absolute atomic E-state index is 12.4. The number of benzene rings is 1. The Morgan fingerprint density at radius 2 is 1.96 bits per heavy atom. The van der Waals surface area contributed by atoms with Crippen molar-refractivity contribution in [3.05, 3.63) is 35.9 Å². The molecule has 1 aliphatic rings. The molecular weight excluding hydrogens is 292 g/mol. The molecule has 0 saturated carbocycles. The van der Waals surface area contributed by atoms with Crippen LogP contribution in [0.2, 0.25) is 0 Å². The zero-order chi connectivity index (χ0) is 16.9. The van der Waals surface area contributed by atoms with Crippen LogP contribution in [0.3, 0.4) is 0 Å². The molecule has 23 heavy (non-hydrogen) atoms. The maximum atomic E-state index is 12.4. The van der Waals surface area contributed by atoms with Gasteiger partial charge in [-0.25, -0.2) is 4.79 Å². The molecule has 1 aromatic carbocycles. The minimum Gasteiger partial charge on any atom is -0.458 e. The number of likely N-dealkylation sites (tertiary alicyclic amines) is 1. The van der Waals surface area contributed by atoms with Crippen LogP contribution < -0.4 is 5.32 Å². The second-order valence-corrected chi connectivity index (χ2v) is 6.87. The van der Waals surface area contributed by atoms with Gasteiger partial charge in [0.05, 0.1) is 6.54 Å². The van der Waals surface area contributed by atoms with Gasteiger partial charge in [-0.1, -0.05) is 30.3 Å². The lowest BCUT2D eigenvalue weighted by Gasteiger charge is -2.27. The standard InChI is InChI=1S/C18H26N2O3/c1-18(2,3)23-17(22)15-10-7-11-20(15)16(21)13-19-12-14-8-5-4-6-9-14/h4-6,8-9,15,19H,7,10-13H2,1-3H3/t15-/m1/s1. The molecule has 5 nitrogen and oxygen atoms in total. The van der Waals surface area contributed by atoms with Crippen LogP contribution in [0, 0.1) is 0 Å². The van der Waals surface area contributed by atoms with Crippen LogP contribution in [0.25, 0.3) is 0 Å². The van der Waals surface area contributed by atoms with Gasteiger partial charge in [-0.05, 0) is 39.2 Å². The van der Waals surface area contributed by atoms with Gasteiger partial charge in [-0.3, -0.25) is 4.79 Å². The van der Waals surface area contributed by atoms with Crippen LogP contribution in [0.5, 0.6) is 0 Å². The van der Waals surface area contributed by atoms with Crippen LogP contribution in [-0.2, 0) is 20.9 Å². The molecule has 5 heteroatoms. The van der Waals surface area contributed by atoms with Gasteiger partial charge in [0.15, 0.2) is 0 Å². The Hall–Kier alpha value is -1.88. The van der Waals surface area contributed by atoms with Gasteiger partial charge in [0.2, 0.25) is 5.91 Å². The molecule has 0 bridgehead atoms. The van der Waals surface area contributed by atoms with Gasteiger partial charge in [-0.15, -0.1) is 0 Å². The summed E-state index contributed by atoms with van der Waals surface area (Å²) in [5, 5.41) is 3.14. The second-order valence-electron chi connectivity index (χ2n) is 6.87. The predicted octanol–water partition coefficient (Wildman–Crippen LogP) is 2.11. The number of hydrogen-bond donors (Lipinski definition) is 1. The van der Waals surface area contributed by atoms with E-state index in [1.54, 1.807) is 4.90 Å². The summed E-state index contributed by atoms with van der Waals surface area (Å²) in [6.07, 6.45) is 1.52. The fourth-order valence-electron chi connectivity index (χ4n) is 2.69. The molecule has 0 unspecified atom stereocenters. The number of carbonyl (C=O) groups is 2. The molecule has 1 aromatic rings. The number of rotatable bonds is 5. The number of esters is 1. The Bertz CT molecular complexity index is 537. The third-order valence-corrected chi connectivity index (χ3v) is 3.70. The van der Waals surface area contributed by atoms with Crippen molar-refractivity contribution < 1.29 is 14.3 Å². The molecule has 1 saturated heterocycles. The Balaban J connectivity index is 1.84. The van der Waals surface area contributed by atoms with Gasteiger partial charge in [0, 0.05) is 13.1 Å². The van der Waals surface area contributed by atoms with E-state index >= 15 is 0 Å². The number of nitrogens with zero attached hydrogens (tertiary/aromatic N) is 1. The second kappa shape index (κ2) is 7.59. The molecule has 126 valence electrons. The minimum atomic E-state index is -0.528. The zero-order valence-electron chi connectivity index (χ0n) is 14.2. The van der Waals surface area contributed by atoms with E-state index in [0.29, 0.717) is 19.5 Å². The van der Waals surface area contributed by atoms with E-state index in [9.17, 15) is 9.59 Å². The van der Waals surface area contributed by atoms with Gasteiger partial charge in [-0.2, -0.15) is 0 Å². The Kier molecular flexibility index (Phi) is 5.77. The summed E-state index contributed by atoms with van der Waals surface area (Å²) in [6.45, 7) is 7.01. The number of ether oxygens (including phenoxy) is 1. The first kappa shape index (κ1) is 17.5. The average molecular weight is 318 g/mol. The highest BCUT2D eigenvalue weighted by atomic mass is 16.6. The summed E-state index contributed by atoms with van der Waals surface area (Å²) >= 11 is 0. The molecule has 1 atom stereocenters. The smallest absolute Gasteiger partial charge is 0.329 e. The lowest BCUT2D eigenvalue weighted by molar-refractivity contribution is -0.163. The molecule has 0 aliphatic carbocycles. The molecule has 0 aromatic heterocycles. The van der Waals surface area contributed by atoms with E-state index in [1.165, 1.54) is 0 Å². The summed E-state index contributed by atoms with van der Waals surface area (Å²) < 4.78 is 5.42. The number of hydrogen-bond acceptors (Lipinski definition) is 4. The number of carbonyl (C=O) groups excluding carboxylic acids is 2. The highest BCUT2D eigenvalue weighted by molar-refractivity contribution is 5.86. The normalized spacial score (nSPS) is 18.0. The topological polar surface area (TPSA) is 58.6 Å². The molecule has 1 aliphatic heterocycles. The van der Waals surface area contributed by atoms with Crippen molar-refractivity contribution >= 4 is 11.9 Å². The van der Waals surface area contributed by atoms with Crippen molar-refractivity contribution in [1.82, 2.24) is 10.2 Å². The number of amides is 1. The van der Waals surface area contributed by atoms with Crippen molar-refractivity contribution in [2.75, 3.05) is 13.1 Å². The van der Waals surface area contributed by atoms with Crippen molar-refractivity contribution in [3.8, 4) is 0 Å². The van der Waals surface area contributed by atoms with Gasteiger partial charge < -0.3 is 15.0 Å². The quantitative estimate of drug-likeness (QED) is 0.845. The van der Waals surface area contributed by atoms with Crippen LogP contribution in [-0.4, -0.2) is 41.5 Å². The van der Waals surface area contributed by atoms with E-state index in [-0.39, 0.29) is 18.4 Å². The summed E-state index contributed by atoms with van der Waals surface area (Å²) in [6, 6.07) is 9.48. The lowest BCUT2D eigenvalue weighted by atomic mass is 10.1. The third kappa shape index (κ3) is 5.36. The average Bonchev–Trinajstić information content (AvgIpc) is 2.96. The fourth-order valence-corrected chi connectivity index (χ4v) is 2.69. The summed E-state index contributed by atoms with van der Waals surface area (Å²) in [5.41, 5.74) is 0.602. The Morgan fingerprint density at radius 3 is 2.61 bits per heavy atom. The molecule has 0 spiro atoms. The van der Waals surface area contributed by atoms with Crippen LogP contribution >= 0.6 is 0 Å². The monoisotopic (exact) mass is 318 g/mol. The predicted molar refractivity (Wildman–Crippen MR) is 88.7 cm³/mol. The summed E-state index contributed by atoms with van der Waals surface area (Å²) in [7, 11) is 0. The third-order valence-electron chi connectivity index (χ3n) is 3.70. The largest absolute Gasteiger partial charge is 0.458 e. The summed E-state index contributed by atoms with van der Waals surface area (Å²) in [5.74, 6) is -0.347. The van der Waals surface area contributed by atoms with Crippen molar-refractivity contribution in [1.29, 1.82) is 0 Å². The van der Waals surface area contributed by atoms with Crippen molar-refractivity contribution in [2.45, 2.75) is 51.8 Å². The van der Waals surface area contributed by atoms with E-state index in [1.807, 2.05) is 51.1 Å². The van der Waals surface area contributed by atoms with Crippen molar-refractivity contribution in [2.24, 2.45) is 0 Å². The maximum Gasteiger partial charge on any atom is 0.329 e. The first-order valence-corrected chi connectivity index (χ1v) is 8.14. The first-order valence-electron chi connectivity index (χ1n) is 8.14. The minimum absolute atomic E-state index is 0.0470. The first-order chi connectivity index (χ1) is 10.9.